The normalized spacial score (nSPS) is 10.9. The van der Waals surface area contributed by atoms with Crippen LogP contribution in [0.3, 0.4) is 0 Å². The molecular formula is C25H18N2O6. The van der Waals surface area contributed by atoms with Gasteiger partial charge in [0.15, 0.2) is 12.0 Å². The Bertz CT molecular complexity index is 1490. The Balaban J connectivity index is 1.34. The lowest BCUT2D eigenvalue weighted by molar-refractivity contribution is 0.264. The number of phenols is 1. The van der Waals surface area contributed by atoms with Gasteiger partial charge in [0.25, 0.3) is 5.89 Å². The Labute approximate surface area is 187 Å². The maximum Gasteiger partial charge on any atom is 0.254 e. The average Bonchev–Trinajstić information content (AvgIpc) is 3.33. The van der Waals surface area contributed by atoms with Gasteiger partial charge in [0, 0.05) is 11.6 Å². The van der Waals surface area contributed by atoms with Crippen LogP contribution in [0.4, 0.5) is 0 Å². The molecule has 0 saturated heterocycles. The number of phenolic OH excluding ortho intramolecular Hbond substituents is 1. The number of aromatic hydroxyl groups is 1. The van der Waals surface area contributed by atoms with Gasteiger partial charge in [-0.25, -0.2) is 0 Å². The van der Waals surface area contributed by atoms with Gasteiger partial charge in [-0.2, -0.15) is 0 Å². The van der Waals surface area contributed by atoms with E-state index in [0.29, 0.717) is 45.4 Å². The fraction of sp³-hybridized carbons (Fsp3) is 0.0800. The van der Waals surface area contributed by atoms with Crippen molar-refractivity contribution in [3.8, 4) is 39.8 Å². The molecule has 0 aliphatic carbocycles. The van der Waals surface area contributed by atoms with Crippen molar-refractivity contribution >= 4 is 11.0 Å². The minimum absolute atomic E-state index is 0.0539. The van der Waals surface area contributed by atoms with Crippen LogP contribution in [0, 0.1) is 0 Å². The van der Waals surface area contributed by atoms with Crippen molar-refractivity contribution in [2.24, 2.45) is 0 Å². The van der Waals surface area contributed by atoms with Gasteiger partial charge in [-0.1, -0.05) is 18.2 Å². The summed E-state index contributed by atoms with van der Waals surface area (Å²) in [5.41, 5.74) is 2.03. The quantitative estimate of drug-likeness (QED) is 0.399. The monoisotopic (exact) mass is 442 g/mol. The second kappa shape index (κ2) is 8.51. The zero-order chi connectivity index (χ0) is 22.8. The molecule has 0 atom stereocenters. The van der Waals surface area contributed by atoms with E-state index in [0.717, 1.165) is 5.56 Å². The molecule has 2 aromatic heterocycles. The molecule has 5 rings (SSSR count). The van der Waals surface area contributed by atoms with Crippen molar-refractivity contribution in [3.05, 3.63) is 89.1 Å². The summed E-state index contributed by atoms with van der Waals surface area (Å²) in [6, 6.07) is 18.6. The summed E-state index contributed by atoms with van der Waals surface area (Å²) in [5.74, 6) is 1.97. The Morgan fingerprint density at radius 3 is 2.61 bits per heavy atom. The molecule has 0 unspecified atom stereocenters. The predicted octanol–water partition coefficient (Wildman–Crippen LogP) is 4.80. The Morgan fingerprint density at radius 1 is 0.939 bits per heavy atom. The lowest BCUT2D eigenvalue weighted by atomic mass is 10.1. The molecule has 0 amide bonds. The number of hydrogen-bond acceptors (Lipinski definition) is 8. The van der Waals surface area contributed by atoms with E-state index in [2.05, 4.69) is 10.2 Å². The molecule has 0 spiro atoms. The van der Waals surface area contributed by atoms with Crippen LogP contribution in [0.2, 0.25) is 0 Å². The maximum absolute atomic E-state index is 12.9. The molecular weight excluding hydrogens is 424 g/mol. The second-order valence-corrected chi connectivity index (χ2v) is 7.20. The fourth-order valence-electron chi connectivity index (χ4n) is 3.37. The molecule has 8 nitrogen and oxygen atoms in total. The van der Waals surface area contributed by atoms with Crippen LogP contribution in [-0.4, -0.2) is 22.4 Å². The topological polar surface area (TPSA) is 108 Å². The van der Waals surface area contributed by atoms with E-state index in [1.54, 1.807) is 43.5 Å². The summed E-state index contributed by atoms with van der Waals surface area (Å²) < 4.78 is 22.3. The molecule has 0 aliphatic heterocycles. The molecule has 2 heterocycles. The number of hydrogen-bond donors (Lipinski definition) is 1. The van der Waals surface area contributed by atoms with E-state index in [4.69, 9.17) is 18.3 Å². The standard InChI is InChI=1S/C25H18N2O6/c1-30-18-4-2-3-16(11-18)25-27-26-23(33-25)14-31-19-9-10-20-22(12-19)32-13-21(24(20)29)15-5-7-17(28)8-6-15/h2-13,28H,14H2,1H3. The van der Waals surface area contributed by atoms with Crippen molar-refractivity contribution in [2.45, 2.75) is 6.61 Å². The SMILES string of the molecule is COc1cccc(-c2nnc(COc3ccc4c(=O)c(-c5ccc(O)cc5)coc4c3)o2)c1. The van der Waals surface area contributed by atoms with E-state index in [9.17, 15) is 9.90 Å². The highest BCUT2D eigenvalue weighted by molar-refractivity contribution is 5.82. The van der Waals surface area contributed by atoms with Crippen LogP contribution in [-0.2, 0) is 6.61 Å². The van der Waals surface area contributed by atoms with E-state index < -0.39 is 0 Å². The average molecular weight is 442 g/mol. The molecule has 3 aromatic carbocycles. The molecule has 0 fully saturated rings. The molecule has 1 N–H and O–H groups in total. The van der Waals surface area contributed by atoms with Crippen molar-refractivity contribution in [1.29, 1.82) is 0 Å². The molecule has 0 radical (unpaired) electrons. The van der Waals surface area contributed by atoms with Gasteiger partial charge in [-0.3, -0.25) is 4.79 Å². The first-order chi connectivity index (χ1) is 16.1. The number of fused-ring (bicyclic) bond motifs is 1. The minimum Gasteiger partial charge on any atom is -0.508 e. The molecule has 33 heavy (non-hydrogen) atoms. The Morgan fingerprint density at radius 2 is 1.79 bits per heavy atom. The van der Waals surface area contributed by atoms with E-state index in [-0.39, 0.29) is 17.8 Å². The third-order valence-electron chi connectivity index (χ3n) is 5.07. The van der Waals surface area contributed by atoms with E-state index in [1.165, 1.54) is 18.4 Å². The molecule has 5 aromatic rings. The fourth-order valence-corrected chi connectivity index (χ4v) is 3.37. The van der Waals surface area contributed by atoms with Crippen molar-refractivity contribution in [1.82, 2.24) is 10.2 Å². The van der Waals surface area contributed by atoms with E-state index in [1.807, 2.05) is 18.2 Å². The van der Waals surface area contributed by atoms with Gasteiger partial charge in [0.05, 0.1) is 18.1 Å². The zero-order valence-corrected chi connectivity index (χ0v) is 17.5. The number of methoxy groups -OCH3 is 1. The van der Waals surface area contributed by atoms with Crippen LogP contribution >= 0.6 is 0 Å². The third-order valence-corrected chi connectivity index (χ3v) is 5.07. The minimum atomic E-state index is -0.173. The summed E-state index contributed by atoms with van der Waals surface area (Å²) in [6.07, 6.45) is 1.40. The number of ether oxygens (including phenoxy) is 2. The van der Waals surface area contributed by atoms with Gasteiger partial charge in [-0.15, -0.1) is 10.2 Å². The van der Waals surface area contributed by atoms with Crippen LogP contribution in [0.5, 0.6) is 17.2 Å². The number of benzene rings is 3. The van der Waals surface area contributed by atoms with Crippen molar-refractivity contribution in [2.75, 3.05) is 7.11 Å². The Kier molecular flexibility index (Phi) is 5.24. The first-order valence-corrected chi connectivity index (χ1v) is 10.1. The summed E-state index contributed by atoms with van der Waals surface area (Å²) in [7, 11) is 1.59. The van der Waals surface area contributed by atoms with Crippen molar-refractivity contribution in [3.63, 3.8) is 0 Å². The summed E-state index contributed by atoms with van der Waals surface area (Å²) in [6.45, 7) is 0.0539. The number of rotatable bonds is 6. The third kappa shape index (κ3) is 4.14. The number of aromatic nitrogens is 2. The van der Waals surface area contributed by atoms with Gasteiger partial charge in [-0.05, 0) is 48.0 Å². The largest absolute Gasteiger partial charge is 0.508 e. The first-order valence-electron chi connectivity index (χ1n) is 10.1. The van der Waals surface area contributed by atoms with Gasteiger partial charge < -0.3 is 23.4 Å². The van der Waals surface area contributed by atoms with Crippen LogP contribution in [0.25, 0.3) is 33.6 Å². The molecule has 0 bridgehead atoms. The maximum atomic E-state index is 12.9. The summed E-state index contributed by atoms with van der Waals surface area (Å²) in [5, 5.41) is 17.9. The Hall–Kier alpha value is -4.59. The molecule has 0 aliphatic rings. The van der Waals surface area contributed by atoms with Crippen LogP contribution in [0.1, 0.15) is 5.89 Å². The second-order valence-electron chi connectivity index (χ2n) is 7.20. The van der Waals surface area contributed by atoms with Gasteiger partial charge in [0.1, 0.15) is 29.1 Å². The van der Waals surface area contributed by atoms with Crippen LogP contribution < -0.4 is 14.9 Å². The predicted molar refractivity (Wildman–Crippen MR) is 120 cm³/mol. The van der Waals surface area contributed by atoms with Crippen LogP contribution in [0.15, 0.2) is 86.6 Å². The first kappa shape index (κ1) is 20.3. The highest BCUT2D eigenvalue weighted by atomic mass is 16.5. The highest BCUT2D eigenvalue weighted by Gasteiger charge is 2.12. The lowest BCUT2D eigenvalue weighted by Gasteiger charge is -2.06. The van der Waals surface area contributed by atoms with E-state index >= 15 is 0 Å². The highest BCUT2D eigenvalue weighted by Crippen LogP contribution is 2.26. The lowest BCUT2D eigenvalue weighted by Crippen LogP contribution is -2.05. The molecule has 0 saturated carbocycles. The van der Waals surface area contributed by atoms with Gasteiger partial charge >= 0.3 is 0 Å². The summed E-state index contributed by atoms with van der Waals surface area (Å²) >= 11 is 0. The molecule has 8 heteroatoms. The molecule has 164 valence electrons. The van der Waals surface area contributed by atoms with Gasteiger partial charge in [0.2, 0.25) is 5.89 Å². The smallest absolute Gasteiger partial charge is 0.254 e. The zero-order valence-electron chi connectivity index (χ0n) is 17.5. The summed E-state index contributed by atoms with van der Waals surface area (Å²) in [4.78, 5) is 12.9. The van der Waals surface area contributed by atoms with Crippen molar-refractivity contribution < 1.29 is 23.4 Å². The number of nitrogens with zero attached hydrogens (tertiary/aromatic N) is 2.